The van der Waals surface area contributed by atoms with Crippen LogP contribution in [0.25, 0.3) is 0 Å². The lowest BCUT2D eigenvalue weighted by Crippen LogP contribution is -2.44. The molecule has 1 saturated carbocycles. The van der Waals surface area contributed by atoms with Gasteiger partial charge in [0.05, 0.1) is 18.4 Å². The third-order valence-electron chi connectivity index (χ3n) is 4.26. The Morgan fingerprint density at radius 1 is 1.00 bits per heavy atom. The number of carbonyl (C=O) groups is 2. The third kappa shape index (κ3) is 2.65. The van der Waals surface area contributed by atoms with Gasteiger partial charge in [-0.3, -0.25) is 9.59 Å². The van der Waals surface area contributed by atoms with Crippen LogP contribution < -0.4 is 4.74 Å². The zero-order valence-electron chi connectivity index (χ0n) is 13.0. The van der Waals surface area contributed by atoms with Gasteiger partial charge in [-0.1, -0.05) is 18.2 Å². The molecule has 2 unspecified atom stereocenters. The smallest absolute Gasteiger partial charge is 0.207 e. The Morgan fingerprint density at radius 2 is 1.65 bits per heavy atom. The lowest BCUT2D eigenvalue weighted by molar-refractivity contribution is -0.146. The minimum Gasteiger partial charge on any atom is -0.494 e. The van der Waals surface area contributed by atoms with Gasteiger partial charge in [-0.25, -0.2) is 4.39 Å². The number of halogens is 1. The van der Waals surface area contributed by atoms with Gasteiger partial charge in [0.1, 0.15) is 11.6 Å². The van der Waals surface area contributed by atoms with E-state index in [2.05, 4.69) is 0 Å². The summed E-state index contributed by atoms with van der Waals surface area (Å²) in [6.07, 6.45) is 0. The largest absolute Gasteiger partial charge is 0.494 e. The van der Waals surface area contributed by atoms with E-state index in [9.17, 15) is 14.0 Å². The molecule has 0 spiro atoms. The van der Waals surface area contributed by atoms with E-state index in [0.29, 0.717) is 12.2 Å². The second-order valence-electron chi connectivity index (χ2n) is 5.69. The molecule has 1 aliphatic rings. The van der Waals surface area contributed by atoms with Crippen molar-refractivity contribution in [3.05, 3.63) is 65.0 Å². The molecule has 0 aromatic heterocycles. The Morgan fingerprint density at radius 3 is 2.26 bits per heavy atom. The van der Waals surface area contributed by atoms with Crippen molar-refractivity contribution in [2.75, 3.05) is 6.61 Å². The fraction of sp³-hybridized carbons (Fsp3) is 0.263. The molecule has 4 heteroatoms. The van der Waals surface area contributed by atoms with Gasteiger partial charge in [0, 0.05) is 0 Å². The lowest BCUT2D eigenvalue weighted by atomic mass is 9.64. The minimum atomic E-state index is -0.528. The van der Waals surface area contributed by atoms with Gasteiger partial charge in [0.25, 0.3) is 0 Å². The van der Waals surface area contributed by atoms with E-state index in [1.807, 2.05) is 32.0 Å². The van der Waals surface area contributed by atoms with Crippen LogP contribution in [0.15, 0.2) is 42.5 Å². The van der Waals surface area contributed by atoms with Crippen LogP contribution in [0.5, 0.6) is 5.75 Å². The molecule has 2 aromatic rings. The Kier molecular flexibility index (Phi) is 3.99. The highest BCUT2D eigenvalue weighted by molar-refractivity contribution is 6.49. The first-order chi connectivity index (χ1) is 11.0. The molecule has 0 aliphatic heterocycles. The van der Waals surface area contributed by atoms with Gasteiger partial charge >= 0.3 is 0 Å². The van der Waals surface area contributed by atoms with Crippen LogP contribution in [0.3, 0.4) is 0 Å². The Labute approximate surface area is 134 Å². The molecule has 1 fully saturated rings. The summed E-state index contributed by atoms with van der Waals surface area (Å²) in [5, 5.41) is 0. The first-order valence-corrected chi connectivity index (χ1v) is 7.59. The van der Waals surface area contributed by atoms with E-state index < -0.39 is 17.6 Å². The molecular formula is C19H17FO3. The maximum Gasteiger partial charge on any atom is 0.207 e. The Balaban J connectivity index is 1.96. The van der Waals surface area contributed by atoms with Crippen LogP contribution in [0, 0.1) is 12.7 Å². The molecule has 0 radical (unpaired) electrons. The molecule has 2 aromatic carbocycles. The predicted octanol–water partition coefficient (Wildman–Crippen LogP) is 3.55. The van der Waals surface area contributed by atoms with Crippen molar-refractivity contribution in [1.29, 1.82) is 0 Å². The summed E-state index contributed by atoms with van der Waals surface area (Å²) in [5.74, 6) is -1.43. The second-order valence-corrected chi connectivity index (χ2v) is 5.69. The van der Waals surface area contributed by atoms with Crippen LogP contribution in [0.1, 0.15) is 35.4 Å². The third-order valence-corrected chi connectivity index (χ3v) is 4.26. The van der Waals surface area contributed by atoms with Gasteiger partial charge in [0.15, 0.2) is 0 Å². The van der Waals surface area contributed by atoms with Crippen LogP contribution in [-0.4, -0.2) is 18.2 Å². The van der Waals surface area contributed by atoms with Crippen LogP contribution in [-0.2, 0) is 9.59 Å². The number of hydrogen-bond acceptors (Lipinski definition) is 3. The highest BCUT2D eigenvalue weighted by Crippen LogP contribution is 2.45. The van der Waals surface area contributed by atoms with Crippen molar-refractivity contribution in [2.45, 2.75) is 25.7 Å². The van der Waals surface area contributed by atoms with E-state index in [1.165, 1.54) is 12.1 Å². The molecule has 3 rings (SSSR count). The molecule has 1 aliphatic carbocycles. The van der Waals surface area contributed by atoms with Gasteiger partial charge in [-0.15, -0.1) is 0 Å². The number of ether oxygens (including phenoxy) is 1. The zero-order valence-corrected chi connectivity index (χ0v) is 13.0. The highest BCUT2D eigenvalue weighted by atomic mass is 19.1. The average molecular weight is 312 g/mol. The summed E-state index contributed by atoms with van der Waals surface area (Å²) in [7, 11) is 0. The van der Waals surface area contributed by atoms with Crippen LogP contribution in [0.2, 0.25) is 0 Å². The zero-order chi connectivity index (χ0) is 16.6. The summed E-state index contributed by atoms with van der Waals surface area (Å²) in [4.78, 5) is 24.2. The minimum absolute atomic E-state index is 0.361. The fourth-order valence-electron chi connectivity index (χ4n) is 3.10. The summed E-state index contributed by atoms with van der Waals surface area (Å²) in [6.45, 7) is 4.37. The van der Waals surface area contributed by atoms with Crippen molar-refractivity contribution < 1.29 is 18.7 Å². The number of ketones is 2. The first-order valence-electron chi connectivity index (χ1n) is 7.59. The molecule has 23 heavy (non-hydrogen) atoms. The first kappa shape index (κ1) is 15.4. The SMILES string of the molecule is CCOc1ccc(C2C(=O)C(=O)C2c2ccc(F)cc2)c(C)c1. The lowest BCUT2D eigenvalue weighted by Gasteiger charge is -2.34. The molecule has 118 valence electrons. The number of rotatable bonds is 4. The second kappa shape index (κ2) is 5.95. The topological polar surface area (TPSA) is 43.4 Å². The van der Waals surface area contributed by atoms with Gasteiger partial charge in [-0.05, 0) is 54.8 Å². The predicted molar refractivity (Wildman–Crippen MR) is 84.2 cm³/mol. The summed E-state index contributed by atoms with van der Waals surface area (Å²) >= 11 is 0. The van der Waals surface area contributed by atoms with Crippen LogP contribution in [0.4, 0.5) is 4.39 Å². The Bertz CT molecular complexity index is 765. The van der Waals surface area contributed by atoms with Crippen molar-refractivity contribution in [3.8, 4) is 5.75 Å². The normalized spacial score (nSPS) is 20.3. The number of hydrogen-bond donors (Lipinski definition) is 0. The van der Waals surface area contributed by atoms with Gasteiger partial charge in [0.2, 0.25) is 11.6 Å². The van der Waals surface area contributed by atoms with E-state index in [4.69, 9.17) is 4.74 Å². The number of Topliss-reactive ketones (excluding diaryl/α,β-unsaturated/α-hetero) is 2. The molecule has 0 amide bonds. The molecule has 2 atom stereocenters. The monoisotopic (exact) mass is 312 g/mol. The van der Waals surface area contributed by atoms with Gasteiger partial charge < -0.3 is 4.74 Å². The maximum absolute atomic E-state index is 13.1. The fourth-order valence-corrected chi connectivity index (χ4v) is 3.10. The molecule has 3 nitrogen and oxygen atoms in total. The molecule has 0 heterocycles. The standard InChI is InChI=1S/C19H17FO3/c1-3-23-14-8-9-15(11(2)10-14)17-16(18(21)19(17)22)12-4-6-13(20)7-5-12/h4-10,16-17H,3H2,1-2H3. The van der Waals surface area contributed by atoms with E-state index in [-0.39, 0.29) is 11.6 Å². The van der Waals surface area contributed by atoms with Crippen molar-refractivity contribution in [1.82, 2.24) is 0 Å². The van der Waals surface area contributed by atoms with Crippen molar-refractivity contribution in [3.63, 3.8) is 0 Å². The number of benzene rings is 2. The quantitative estimate of drug-likeness (QED) is 0.811. The highest BCUT2D eigenvalue weighted by Gasteiger charge is 2.50. The molecule has 0 saturated heterocycles. The molecular weight excluding hydrogens is 295 g/mol. The van der Waals surface area contributed by atoms with Gasteiger partial charge in [-0.2, -0.15) is 0 Å². The summed E-state index contributed by atoms with van der Waals surface area (Å²) < 4.78 is 18.5. The van der Waals surface area contributed by atoms with E-state index >= 15 is 0 Å². The Hall–Kier alpha value is -2.49. The van der Waals surface area contributed by atoms with Crippen molar-refractivity contribution in [2.24, 2.45) is 0 Å². The summed E-state index contributed by atoms with van der Waals surface area (Å²) in [5.41, 5.74) is 2.41. The van der Waals surface area contributed by atoms with Crippen molar-refractivity contribution >= 4 is 11.6 Å². The molecule has 0 N–H and O–H groups in total. The average Bonchev–Trinajstić information content (AvgIpc) is 2.54. The summed E-state index contributed by atoms with van der Waals surface area (Å²) in [6, 6.07) is 11.3. The van der Waals surface area contributed by atoms with Crippen LogP contribution >= 0.6 is 0 Å². The number of carbonyl (C=O) groups excluding carboxylic acids is 2. The van der Waals surface area contributed by atoms with E-state index in [1.54, 1.807) is 12.1 Å². The van der Waals surface area contributed by atoms with E-state index in [0.717, 1.165) is 16.9 Å². The maximum atomic E-state index is 13.1. The molecule has 0 bridgehead atoms. The number of aryl methyl sites for hydroxylation is 1.